The molecule has 6 heteroatoms. The van der Waals surface area contributed by atoms with Gasteiger partial charge in [-0.3, -0.25) is 0 Å². The molecule has 0 aliphatic heterocycles. The van der Waals surface area contributed by atoms with E-state index in [1.165, 1.54) is 24.0 Å². The van der Waals surface area contributed by atoms with Gasteiger partial charge in [-0.2, -0.15) is 16.7 Å². The fourth-order valence-electron chi connectivity index (χ4n) is 5.10. The van der Waals surface area contributed by atoms with Crippen LogP contribution in [0.25, 0.3) is 0 Å². The Balaban J connectivity index is 0.000000990. The van der Waals surface area contributed by atoms with Gasteiger partial charge in [0.25, 0.3) is 0 Å². The minimum absolute atomic E-state index is 0. The van der Waals surface area contributed by atoms with Gasteiger partial charge >= 0.3 is 35.7 Å². The predicted molar refractivity (Wildman–Crippen MR) is 105 cm³/mol. The number of fused-ring (bicyclic) bond motifs is 2. The average Bonchev–Trinajstić information content (AvgIpc) is 2.99. The Morgan fingerprint density at radius 2 is 1.97 bits per heavy atom. The van der Waals surface area contributed by atoms with Crippen molar-refractivity contribution in [1.29, 1.82) is 0 Å². The van der Waals surface area contributed by atoms with Crippen LogP contribution < -0.4 is 34.3 Å². The van der Waals surface area contributed by atoms with E-state index in [1.54, 1.807) is 0 Å². The van der Waals surface area contributed by atoms with Crippen LogP contribution in [0.2, 0.25) is 0 Å². The van der Waals surface area contributed by atoms with Crippen molar-refractivity contribution in [2.45, 2.75) is 76.9 Å². The second kappa shape index (κ2) is 13.6. The third kappa shape index (κ3) is 7.20. The Bertz CT molecular complexity index is 644. The summed E-state index contributed by atoms with van der Waals surface area (Å²) in [6, 6.07) is 6.22. The predicted octanol–water partition coefficient (Wildman–Crippen LogP) is 0.711. The first-order valence-electron chi connectivity index (χ1n) is 10.4. The van der Waals surface area contributed by atoms with Crippen molar-refractivity contribution in [2.75, 3.05) is 0 Å². The number of ether oxygens (including phenoxy) is 1. The SMILES string of the molecule is O=C=O.[CH2-]Oc1cccc2c1C[C@H]1C[C@@H](O)[C@H](CC[C@@H](O)CCCCC)[C@H]1C2.[Na+]. The summed E-state index contributed by atoms with van der Waals surface area (Å²) in [5.74, 6) is 2.27. The second-order valence-electron chi connectivity index (χ2n) is 8.15. The van der Waals surface area contributed by atoms with E-state index in [0.29, 0.717) is 17.8 Å². The fourth-order valence-corrected chi connectivity index (χ4v) is 5.10. The number of hydrogen-bond donors (Lipinski definition) is 2. The van der Waals surface area contributed by atoms with Crippen molar-refractivity contribution in [3.8, 4) is 5.75 Å². The van der Waals surface area contributed by atoms with Crippen LogP contribution in [0.5, 0.6) is 5.75 Å². The molecule has 0 spiro atoms. The minimum Gasteiger partial charge on any atom is -0.665 e. The smallest absolute Gasteiger partial charge is 0.665 e. The van der Waals surface area contributed by atoms with Crippen LogP contribution in [0.1, 0.15) is 63.0 Å². The van der Waals surface area contributed by atoms with Gasteiger partial charge in [0.05, 0.1) is 18.0 Å². The van der Waals surface area contributed by atoms with E-state index >= 15 is 0 Å². The number of benzene rings is 1. The summed E-state index contributed by atoms with van der Waals surface area (Å²) in [5, 5.41) is 20.9. The van der Waals surface area contributed by atoms with Crippen LogP contribution in [0, 0.1) is 24.9 Å². The van der Waals surface area contributed by atoms with Gasteiger partial charge in [0.15, 0.2) is 0 Å². The van der Waals surface area contributed by atoms with Gasteiger partial charge in [0, 0.05) is 0 Å². The summed E-state index contributed by atoms with van der Waals surface area (Å²) >= 11 is 0. The summed E-state index contributed by atoms with van der Waals surface area (Å²) in [6.07, 6.45) is 8.86. The molecule has 2 aliphatic rings. The van der Waals surface area contributed by atoms with Crippen LogP contribution in [0.4, 0.5) is 0 Å². The first kappa shape index (κ1) is 26.4. The third-order valence-corrected chi connectivity index (χ3v) is 6.48. The van der Waals surface area contributed by atoms with Gasteiger partial charge in [-0.05, 0) is 73.5 Å². The molecular formula is C23H33NaO5. The van der Waals surface area contributed by atoms with Crippen molar-refractivity contribution < 1.29 is 54.1 Å². The van der Waals surface area contributed by atoms with Crippen molar-refractivity contribution >= 4 is 6.15 Å². The molecule has 0 unspecified atom stereocenters. The molecule has 5 nitrogen and oxygen atoms in total. The van der Waals surface area contributed by atoms with Crippen molar-refractivity contribution in [3.63, 3.8) is 0 Å². The summed E-state index contributed by atoms with van der Waals surface area (Å²) in [7, 11) is 3.58. The molecule has 29 heavy (non-hydrogen) atoms. The largest absolute Gasteiger partial charge is 1.00 e. The number of rotatable bonds is 8. The number of hydrogen-bond acceptors (Lipinski definition) is 5. The molecule has 0 bridgehead atoms. The van der Waals surface area contributed by atoms with E-state index in [9.17, 15) is 10.2 Å². The maximum Gasteiger partial charge on any atom is 1.00 e. The Morgan fingerprint density at radius 3 is 2.62 bits per heavy atom. The molecule has 1 fully saturated rings. The topological polar surface area (TPSA) is 83.8 Å². The Hall–Kier alpha value is -0.680. The zero-order valence-electron chi connectivity index (χ0n) is 17.8. The summed E-state index contributed by atoms with van der Waals surface area (Å²) in [5.41, 5.74) is 2.64. The fraction of sp³-hybridized carbons (Fsp3) is 0.652. The van der Waals surface area contributed by atoms with Crippen LogP contribution in [0.15, 0.2) is 18.2 Å². The van der Waals surface area contributed by atoms with Gasteiger partial charge in [-0.1, -0.05) is 38.3 Å². The Morgan fingerprint density at radius 1 is 1.24 bits per heavy atom. The molecule has 1 aromatic rings. The van der Waals surface area contributed by atoms with Crippen molar-refractivity contribution in [1.82, 2.24) is 0 Å². The van der Waals surface area contributed by atoms with Crippen LogP contribution >= 0.6 is 0 Å². The molecule has 1 aromatic carbocycles. The molecule has 2 N–H and O–H groups in total. The van der Waals surface area contributed by atoms with Gasteiger partial charge in [0.2, 0.25) is 0 Å². The molecule has 0 amide bonds. The molecule has 3 rings (SSSR count). The normalized spacial score (nSPS) is 25.4. The minimum atomic E-state index is -0.226. The summed E-state index contributed by atoms with van der Waals surface area (Å²) in [4.78, 5) is 16.2. The second-order valence-corrected chi connectivity index (χ2v) is 8.15. The van der Waals surface area contributed by atoms with Crippen LogP contribution in [-0.4, -0.2) is 28.6 Å². The quantitative estimate of drug-likeness (QED) is 0.373. The van der Waals surface area contributed by atoms with E-state index in [4.69, 9.17) is 14.3 Å². The zero-order valence-corrected chi connectivity index (χ0v) is 19.8. The Kier molecular flexibility index (Phi) is 12.3. The molecule has 0 aromatic heterocycles. The monoisotopic (exact) mass is 412 g/mol. The third-order valence-electron chi connectivity index (χ3n) is 6.48. The molecule has 2 aliphatic carbocycles. The molecular weight excluding hydrogens is 379 g/mol. The zero-order chi connectivity index (χ0) is 20.5. The summed E-state index contributed by atoms with van der Waals surface area (Å²) in [6.45, 7) is 2.19. The average molecular weight is 413 g/mol. The molecule has 0 heterocycles. The van der Waals surface area contributed by atoms with Gasteiger partial charge in [0.1, 0.15) is 0 Å². The van der Waals surface area contributed by atoms with E-state index in [1.807, 2.05) is 12.1 Å². The maximum absolute atomic E-state index is 10.6. The molecule has 0 saturated heterocycles. The van der Waals surface area contributed by atoms with E-state index in [2.05, 4.69) is 20.1 Å². The number of aliphatic hydroxyl groups is 2. The number of aliphatic hydroxyl groups excluding tert-OH is 2. The number of carbonyl (C=O) groups excluding carboxylic acids is 2. The summed E-state index contributed by atoms with van der Waals surface area (Å²) < 4.78 is 5.29. The Labute approximate surface area is 196 Å². The van der Waals surface area contributed by atoms with Crippen molar-refractivity contribution in [3.05, 3.63) is 36.4 Å². The van der Waals surface area contributed by atoms with Gasteiger partial charge < -0.3 is 14.9 Å². The molecule has 156 valence electrons. The molecule has 1 saturated carbocycles. The molecule has 0 radical (unpaired) electrons. The van der Waals surface area contributed by atoms with Crippen molar-refractivity contribution in [2.24, 2.45) is 17.8 Å². The van der Waals surface area contributed by atoms with Crippen LogP contribution in [0.3, 0.4) is 0 Å². The van der Waals surface area contributed by atoms with Crippen LogP contribution in [-0.2, 0) is 22.4 Å². The standard InChI is InChI=1S/C22H33O3.CO2.Na/c1-3-4-5-8-17(23)10-11-18-19-12-15-7-6-9-22(25-2)20(15)13-16(19)14-21(18)24;2-1-3;/h6-7,9,16-19,21,23-24H,2-5,8,10-14H2,1H3;;/q-1;;+1/t16-,17-,18+,19-,21+;;/m0../s1. The van der Waals surface area contributed by atoms with E-state index in [0.717, 1.165) is 50.7 Å². The first-order valence-corrected chi connectivity index (χ1v) is 10.4. The first-order chi connectivity index (χ1) is 13.5. The van der Waals surface area contributed by atoms with E-state index < -0.39 is 0 Å². The van der Waals surface area contributed by atoms with Gasteiger partial charge in [-0.15, -0.1) is 0 Å². The number of unbranched alkanes of at least 4 members (excludes halogenated alkanes) is 2. The molecule has 5 atom stereocenters. The van der Waals surface area contributed by atoms with E-state index in [-0.39, 0.29) is 47.9 Å². The van der Waals surface area contributed by atoms with Gasteiger partial charge in [-0.25, -0.2) is 0 Å². The maximum atomic E-state index is 10.6.